The van der Waals surface area contributed by atoms with E-state index in [2.05, 4.69) is 21.2 Å². The number of aryl methyl sites for hydroxylation is 1. The molecule has 0 radical (unpaired) electrons. The molecule has 0 bridgehead atoms. The number of halogens is 1. The summed E-state index contributed by atoms with van der Waals surface area (Å²) in [7, 11) is 0. The van der Waals surface area contributed by atoms with Gasteiger partial charge in [0.05, 0.1) is 19.3 Å². The Morgan fingerprint density at radius 1 is 1.42 bits per heavy atom. The molecule has 1 amide bonds. The number of amides is 1. The van der Waals surface area contributed by atoms with E-state index in [0.29, 0.717) is 5.56 Å². The molecular formula is C13H14BrNO4. The number of carboxylic acid groups (broad SMARTS) is 1. The van der Waals surface area contributed by atoms with Gasteiger partial charge in [0.1, 0.15) is 5.92 Å². The van der Waals surface area contributed by atoms with Crippen molar-refractivity contribution in [3.8, 4) is 0 Å². The zero-order valence-electron chi connectivity index (χ0n) is 10.4. The first kappa shape index (κ1) is 14.0. The number of ether oxygens (including phenoxy) is 1. The smallest absolute Gasteiger partial charge is 0.311 e. The van der Waals surface area contributed by atoms with Crippen molar-refractivity contribution in [2.75, 3.05) is 13.2 Å². The lowest BCUT2D eigenvalue weighted by molar-refractivity contribution is -0.142. The molecule has 0 aliphatic carbocycles. The summed E-state index contributed by atoms with van der Waals surface area (Å²) in [6, 6.07) is 4.85. The maximum atomic E-state index is 12.1. The van der Waals surface area contributed by atoms with E-state index in [1.807, 2.05) is 13.0 Å². The van der Waals surface area contributed by atoms with Crippen LogP contribution in [0.2, 0.25) is 0 Å². The summed E-state index contributed by atoms with van der Waals surface area (Å²) in [5, 5.41) is 11.7. The minimum absolute atomic E-state index is 0.138. The molecule has 102 valence electrons. The lowest BCUT2D eigenvalue weighted by atomic mass is 10.0. The quantitative estimate of drug-likeness (QED) is 0.883. The molecule has 1 fully saturated rings. The topological polar surface area (TPSA) is 75.6 Å². The minimum Gasteiger partial charge on any atom is -0.481 e. The predicted octanol–water partition coefficient (Wildman–Crippen LogP) is 1.59. The third kappa shape index (κ3) is 3.13. The summed E-state index contributed by atoms with van der Waals surface area (Å²) in [4.78, 5) is 23.1. The molecule has 1 heterocycles. The number of hydrogen-bond donors (Lipinski definition) is 2. The highest BCUT2D eigenvalue weighted by molar-refractivity contribution is 9.10. The van der Waals surface area contributed by atoms with E-state index in [4.69, 9.17) is 9.84 Å². The van der Waals surface area contributed by atoms with Gasteiger partial charge in [-0.05, 0) is 30.7 Å². The molecule has 2 rings (SSSR count). The van der Waals surface area contributed by atoms with Gasteiger partial charge >= 0.3 is 5.97 Å². The number of carboxylic acids is 1. The van der Waals surface area contributed by atoms with Crippen molar-refractivity contribution in [1.29, 1.82) is 0 Å². The number of hydrogen-bond acceptors (Lipinski definition) is 3. The van der Waals surface area contributed by atoms with E-state index >= 15 is 0 Å². The SMILES string of the molecule is Cc1cc(Br)ccc1C(=O)NC1COCC1C(=O)O. The van der Waals surface area contributed by atoms with Crippen LogP contribution < -0.4 is 5.32 Å². The van der Waals surface area contributed by atoms with E-state index in [9.17, 15) is 9.59 Å². The summed E-state index contributed by atoms with van der Waals surface area (Å²) in [5.41, 5.74) is 1.37. The highest BCUT2D eigenvalue weighted by atomic mass is 79.9. The summed E-state index contributed by atoms with van der Waals surface area (Å²) in [5.74, 6) is -1.90. The second kappa shape index (κ2) is 5.71. The van der Waals surface area contributed by atoms with Gasteiger partial charge in [-0.25, -0.2) is 0 Å². The van der Waals surface area contributed by atoms with E-state index in [1.54, 1.807) is 12.1 Å². The van der Waals surface area contributed by atoms with Crippen LogP contribution in [-0.2, 0) is 9.53 Å². The molecule has 1 aromatic rings. The number of rotatable bonds is 3. The highest BCUT2D eigenvalue weighted by Gasteiger charge is 2.35. The number of nitrogens with one attached hydrogen (secondary N) is 1. The van der Waals surface area contributed by atoms with Gasteiger partial charge in [0.2, 0.25) is 0 Å². The average Bonchev–Trinajstić information content (AvgIpc) is 2.76. The lowest BCUT2D eigenvalue weighted by Crippen LogP contribution is -2.42. The normalized spacial score (nSPS) is 22.2. The fourth-order valence-electron chi connectivity index (χ4n) is 2.07. The predicted molar refractivity (Wildman–Crippen MR) is 72.1 cm³/mol. The van der Waals surface area contributed by atoms with Crippen LogP contribution in [0.4, 0.5) is 0 Å². The number of benzene rings is 1. The molecule has 2 N–H and O–H groups in total. The van der Waals surface area contributed by atoms with Crippen molar-refractivity contribution in [3.05, 3.63) is 33.8 Å². The second-order valence-corrected chi connectivity index (χ2v) is 5.44. The molecule has 1 aliphatic rings. The summed E-state index contributed by atoms with van der Waals surface area (Å²) >= 11 is 3.33. The monoisotopic (exact) mass is 327 g/mol. The van der Waals surface area contributed by atoms with Crippen LogP contribution in [0.15, 0.2) is 22.7 Å². The van der Waals surface area contributed by atoms with Crippen LogP contribution in [0, 0.1) is 12.8 Å². The maximum Gasteiger partial charge on any atom is 0.311 e. The Morgan fingerprint density at radius 2 is 2.16 bits per heavy atom. The van der Waals surface area contributed by atoms with Crippen molar-refractivity contribution >= 4 is 27.8 Å². The molecule has 6 heteroatoms. The van der Waals surface area contributed by atoms with Crippen molar-refractivity contribution in [3.63, 3.8) is 0 Å². The molecule has 5 nitrogen and oxygen atoms in total. The van der Waals surface area contributed by atoms with E-state index < -0.39 is 17.9 Å². The molecule has 2 unspecified atom stereocenters. The Bertz CT molecular complexity index is 517. The summed E-state index contributed by atoms with van der Waals surface area (Å²) in [6.45, 7) is 2.21. The average molecular weight is 328 g/mol. The van der Waals surface area contributed by atoms with Gasteiger partial charge in [-0.15, -0.1) is 0 Å². The Labute approximate surface area is 119 Å². The van der Waals surface area contributed by atoms with Crippen LogP contribution in [0.5, 0.6) is 0 Å². The first-order chi connectivity index (χ1) is 8.99. The molecule has 2 atom stereocenters. The molecule has 1 saturated heterocycles. The third-order valence-corrected chi connectivity index (χ3v) is 3.64. The van der Waals surface area contributed by atoms with Gasteiger partial charge in [0.25, 0.3) is 5.91 Å². The van der Waals surface area contributed by atoms with Gasteiger partial charge in [-0.2, -0.15) is 0 Å². The van der Waals surface area contributed by atoms with Gasteiger partial charge in [-0.3, -0.25) is 9.59 Å². The van der Waals surface area contributed by atoms with Gasteiger partial charge in [0, 0.05) is 10.0 Å². The van der Waals surface area contributed by atoms with Crippen LogP contribution in [-0.4, -0.2) is 36.2 Å². The van der Waals surface area contributed by atoms with Gasteiger partial charge < -0.3 is 15.2 Å². The molecule has 0 spiro atoms. The molecular weight excluding hydrogens is 314 g/mol. The third-order valence-electron chi connectivity index (χ3n) is 3.15. The molecule has 19 heavy (non-hydrogen) atoms. The zero-order valence-corrected chi connectivity index (χ0v) is 11.9. The minimum atomic E-state index is -0.949. The van der Waals surface area contributed by atoms with Crippen molar-refractivity contribution in [1.82, 2.24) is 5.32 Å². The first-order valence-corrected chi connectivity index (χ1v) is 6.66. The van der Waals surface area contributed by atoms with Crippen molar-refractivity contribution in [2.24, 2.45) is 5.92 Å². The lowest BCUT2D eigenvalue weighted by Gasteiger charge is -2.16. The highest BCUT2D eigenvalue weighted by Crippen LogP contribution is 2.18. The molecule has 0 saturated carbocycles. The molecule has 0 aromatic heterocycles. The van der Waals surface area contributed by atoms with E-state index in [-0.39, 0.29) is 19.1 Å². The standard InChI is InChI=1S/C13H14BrNO4/c1-7-4-8(14)2-3-9(7)12(16)15-11-6-19-5-10(11)13(17)18/h2-4,10-11H,5-6H2,1H3,(H,15,16)(H,17,18). The van der Waals surface area contributed by atoms with Crippen LogP contribution in [0.25, 0.3) is 0 Å². The Kier molecular flexibility index (Phi) is 4.21. The Hall–Kier alpha value is -1.40. The number of carbonyl (C=O) groups is 2. The molecule has 1 aliphatic heterocycles. The van der Waals surface area contributed by atoms with Crippen LogP contribution in [0.1, 0.15) is 15.9 Å². The fourth-order valence-corrected chi connectivity index (χ4v) is 2.54. The van der Waals surface area contributed by atoms with Gasteiger partial charge in [0.15, 0.2) is 0 Å². The Balaban J connectivity index is 2.10. The number of carbonyl (C=O) groups excluding carboxylic acids is 1. The zero-order chi connectivity index (χ0) is 14.0. The van der Waals surface area contributed by atoms with E-state index in [0.717, 1.165) is 10.0 Å². The van der Waals surface area contributed by atoms with Crippen LogP contribution in [0.3, 0.4) is 0 Å². The second-order valence-electron chi connectivity index (χ2n) is 4.52. The maximum absolute atomic E-state index is 12.1. The first-order valence-electron chi connectivity index (χ1n) is 5.86. The van der Waals surface area contributed by atoms with Gasteiger partial charge in [-0.1, -0.05) is 15.9 Å². The fraction of sp³-hybridized carbons (Fsp3) is 0.385. The van der Waals surface area contributed by atoms with Crippen molar-refractivity contribution in [2.45, 2.75) is 13.0 Å². The molecule has 1 aromatic carbocycles. The Morgan fingerprint density at radius 3 is 2.79 bits per heavy atom. The van der Waals surface area contributed by atoms with Crippen LogP contribution >= 0.6 is 15.9 Å². The van der Waals surface area contributed by atoms with E-state index in [1.165, 1.54) is 0 Å². The summed E-state index contributed by atoms with van der Waals surface area (Å²) in [6.07, 6.45) is 0. The summed E-state index contributed by atoms with van der Waals surface area (Å²) < 4.78 is 6.01. The largest absolute Gasteiger partial charge is 0.481 e. The number of aliphatic carboxylic acids is 1. The van der Waals surface area contributed by atoms with Crippen molar-refractivity contribution < 1.29 is 19.4 Å².